The molecule has 0 aromatic carbocycles. The van der Waals surface area contributed by atoms with E-state index in [1.54, 1.807) is 4.90 Å². The number of piperidine rings is 2. The second-order valence-corrected chi connectivity index (χ2v) is 5.73. The highest BCUT2D eigenvalue weighted by atomic mass is 16.4. The van der Waals surface area contributed by atoms with Gasteiger partial charge in [-0.2, -0.15) is 0 Å². The van der Waals surface area contributed by atoms with E-state index in [0.29, 0.717) is 18.5 Å². The molecule has 19 heavy (non-hydrogen) atoms. The van der Waals surface area contributed by atoms with Crippen LogP contribution in [0.4, 0.5) is 0 Å². The minimum atomic E-state index is -1.02. The number of fused-ring (bicyclic) bond motifs is 1. The van der Waals surface area contributed by atoms with Gasteiger partial charge >= 0.3 is 5.97 Å². The average molecular weight is 269 g/mol. The van der Waals surface area contributed by atoms with E-state index in [1.165, 1.54) is 6.42 Å². The molecule has 0 aliphatic carbocycles. The lowest BCUT2D eigenvalue weighted by molar-refractivity contribution is -0.143. The van der Waals surface area contributed by atoms with Crippen LogP contribution in [0.2, 0.25) is 0 Å². The zero-order valence-electron chi connectivity index (χ0n) is 11.4. The van der Waals surface area contributed by atoms with Crippen molar-refractivity contribution in [2.75, 3.05) is 26.7 Å². The molecule has 0 radical (unpaired) electrons. The van der Waals surface area contributed by atoms with E-state index in [9.17, 15) is 9.59 Å². The highest BCUT2D eigenvalue weighted by molar-refractivity contribution is 5.86. The summed E-state index contributed by atoms with van der Waals surface area (Å²) in [7, 11) is 2.14. The van der Waals surface area contributed by atoms with Gasteiger partial charge < -0.3 is 20.6 Å². The first-order valence-electron chi connectivity index (χ1n) is 6.95. The molecule has 6 nitrogen and oxygen atoms in total. The number of hydrogen-bond acceptors (Lipinski definition) is 4. The maximum absolute atomic E-state index is 12.1. The largest absolute Gasteiger partial charge is 0.481 e. The normalized spacial score (nSPS) is 29.7. The third-order valence-electron chi connectivity index (χ3n) is 4.37. The summed E-state index contributed by atoms with van der Waals surface area (Å²) in [5.41, 5.74) is 5.66. The summed E-state index contributed by atoms with van der Waals surface area (Å²) in [5, 5.41) is 8.70. The Labute approximate surface area is 113 Å². The number of hydrogen-bond donors (Lipinski definition) is 2. The van der Waals surface area contributed by atoms with Crippen LogP contribution in [-0.4, -0.2) is 65.5 Å². The number of rotatable bonds is 3. The van der Waals surface area contributed by atoms with Gasteiger partial charge in [0.2, 0.25) is 5.91 Å². The van der Waals surface area contributed by atoms with Crippen molar-refractivity contribution in [2.24, 2.45) is 11.7 Å². The Bertz CT molecular complexity index is 361. The van der Waals surface area contributed by atoms with Crippen LogP contribution < -0.4 is 5.73 Å². The van der Waals surface area contributed by atoms with Crippen molar-refractivity contribution in [3.63, 3.8) is 0 Å². The van der Waals surface area contributed by atoms with Gasteiger partial charge in [-0.3, -0.25) is 9.59 Å². The smallest absolute Gasteiger partial charge is 0.305 e. The van der Waals surface area contributed by atoms with E-state index >= 15 is 0 Å². The van der Waals surface area contributed by atoms with Gasteiger partial charge in [-0.25, -0.2) is 0 Å². The van der Waals surface area contributed by atoms with Crippen LogP contribution in [0.3, 0.4) is 0 Å². The van der Waals surface area contributed by atoms with Gasteiger partial charge in [0.05, 0.1) is 12.5 Å². The van der Waals surface area contributed by atoms with Crippen LogP contribution in [0.25, 0.3) is 0 Å². The van der Waals surface area contributed by atoms with E-state index in [-0.39, 0.29) is 12.3 Å². The van der Waals surface area contributed by atoms with Gasteiger partial charge in [-0.1, -0.05) is 0 Å². The highest BCUT2D eigenvalue weighted by Gasteiger charge is 2.36. The van der Waals surface area contributed by atoms with Crippen molar-refractivity contribution in [2.45, 2.75) is 37.8 Å². The van der Waals surface area contributed by atoms with Crippen LogP contribution in [0, 0.1) is 5.92 Å². The Morgan fingerprint density at radius 2 is 2.11 bits per heavy atom. The quantitative estimate of drug-likeness (QED) is 0.736. The molecule has 3 atom stereocenters. The molecule has 2 heterocycles. The van der Waals surface area contributed by atoms with Crippen LogP contribution in [0.15, 0.2) is 0 Å². The summed E-state index contributed by atoms with van der Waals surface area (Å²) in [6.45, 7) is 2.55. The van der Waals surface area contributed by atoms with E-state index in [2.05, 4.69) is 11.9 Å². The second-order valence-electron chi connectivity index (χ2n) is 5.73. The van der Waals surface area contributed by atoms with Gasteiger partial charge in [0.1, 0.15) is 0 Å². The molecule has 2 saturated heterocycles. The van der Waals surface area contributed by atoms with Crippen LogP contribution in [0.1, 0.15) is 25.7 Å². The number of amides is 1. The second kappa shape index (κ2) is 5.88. The lowest BCUT2D eigenvalue weighted by Crippen LogP contribution is -2.56. The third kappa shape index (κ3) is 3.25. The Hall–Kier alpha value is -1.14. The summed E-state index contributed by atoms with van der Waals surface area (Å²) in [5.74, 6) is -0.726. The first-order chi connectivity index (χ1) is 8.99. The Morgan fingerprint density at radius 3 is 2.79 bits per heavy atom. The van der Waals surface area contributed by atoms with E-state index in [1.807, 2.05) is 0 Å². The number of carboxylic acids is 1. The maximum Gasteiger partial charge on any atom is 0.305 e. The molecule has 1 amide bonds. The van der Waals surface area contributed by atoms with Crippen molar-refractivity contribution < 1.29 is 14.7 Å². The van der Waals surface area contributed by atoms with Crippen molar-refractivity contribution in [3.8, 4) is 0 Å². The molecule has 0 aromatic heterocycles. The molecule has 2 aliphatic rings. The molecule has 2 aliphatic heterocycles. The minimum Gasteiger partial charge on any atom is -0.481 e. The molecular formula is C13H23N3O3. The van der Waals surface area contributed by atoms with Crippen molar-refractivity contribution >= 4 is 11.9 Å². The molecule has 0 aromatic rings. The molecule has 2 rings (SSSR count). The van der Waals surface area contributed by atoms with E-state index in [0.717, 1.165) is 25.9 Å². The topological polar surface area (TPSA) is 86.9 Å². The summed E-state index contributed by atoms with van der Waals surface area (Å²) in [6.07, 6.45) is 2.99. The molecule has 0 spiro atoms. The molecule has 2 fully saturated rings. The zero-order chi connectivity index (χ0) is 14.0. The molecule has 6 heteroatoms. The fraction of sp³-hybridized carbons (Fsp3) is 0.846. The van der Waals surface area contributed by atoms with Gasteiger partial charge in [-0.15, -0.1) is 0 Å². The van der Waals surface area contributed by atoms with Crippen molar-refractivity contribution in [1.29, 1.82) is 0 Å². The Kier molecular flexibility index (Phi) is 4.42. The standard InChI is InChI=1S/C13H23N3O3/c1-15-5-2-3-9-8-16(6-4-11(9)15)13(19)10(14)7-12(17)18/h9-11H,2-8,14H2,1H3,(H,17,18). The lowest BCUT2D eigenvalue weighted by Gasteiger charge is -2.46. The fourth-order valence-electron chi connectivity index (χ4n) is 3.36. The number of carboxylic acid groups (broad SMARTS) is 1. The fourth-order valence-corrected chi connectivity index (χ4v) is 3.36. The number of nitrogens with two attached hydrogens (primary N) is 1. The molecule has 0 saturated carbocycles. The Balaban J connectivity index is 1.93. The number of nitrogens with zero attached hydrogens (tertiary/aromatic N) is 2. The van der Waals surface area contributed by atoms with Gasteiger partial charge in [0.15, 0.2) is 0 Å². The lowest BCUT2D eigenvalue weighted by atomic mass is 9.84. The van der Waals surface area contributed by atoms with Crippen LogP contribution in [-0.2, 0) is 9.59 Å². The first kappa shape index (κ1) is 14.3. The Morgan fingerprint density at radius 1 is 1.37 bits per heavy atom. The van der Waals surface area contributed by atoms with Gasteiger partial charge in [0.25, 0.3) is 0 Å². The zero-order valence-corrected chi connectivity index (χ0v) is 11.4. The van der Waals surface area contributed by atoms with Gasteiger partial charge in [-0.05, 0) is 38.8 Å². The minimum absolute atomic E-state index is 0.214. The first-order valence-corrected chi connectivity index (χ1v) is 6.95. The number of carbonyl (C=O) groups excluding carboxylic acids is 1. The molecule has 108 valence electrons. The van der Waals surface area contributed by atoms with E-state index in [4.69, 9.17) is 10.8 Å². The monoisotopic (exact) mass is 269 g/mol. The number of likely N-dealkylation sites (tertiary alicyclic amines) is 2. The van der Waals surface area contributed by atoms with E-state index < -0.39 is 12.0 Å². The third-order valence-corrected chi connectivity index (χ3v) is 4.37. The van der Waals surface area contributed by atoms with Crippen LogP contribution in [0.5, 0.6) is 0 Å². The number of carbonyl (C=O) groups is 2. The van der Waals surface area contributed by atoms with Crippen LogP contribution >= 0.6 is 0 Å². The summed E-state index contributed by atoms with van der Waals surface area (Å²) < 4.78 is 0. The predicted molar refractivity (Wildman–Crippen MR) is 70.6 cm³/mol. The molecular weight excluding hydrogens is 246 g/mol. The molecule has 3 unspecified atom stereocenters. The van der Waals surface area contributed by atoms with Crippen molar-refractivity contribution in [1.82, 2.24) is 9.80 Å². The highest BCUT2D eigenvalue weighted by Crippen LogP contribution is 2.29. The van der Waals surface area contributed by atoms with Gasteiger partial charge in [0, 0.05) is 19.1 Å². The number of aliphatic carboxylic acids is 1. The molecule has 0 bridgehead atoms. The maximum atomic E-state index is 12.1. The SMILES string of the molecule is CN1CCCC2CN(C(=O)C(N)CC(=O)O)CCC21. The summed E-state index contributed by atoms with van der Waals surface area (Å²) in [4.78, 5) is 26.9. The average Bonchev–Trinajstić information content (AvgIpc) is 2.37. The predicted octanol–water partition coefficient (Wildman–Crippen LogP) is -0.269. The van der Waals surface area contributed by atoms with Crippen molar-refractivity contribution in [3.05, 3.63) is 0 Å². The summed E-state index contributed by atoms with van der Waals surface area (Å²) in [6, 6.07) is -0.344. The summed E-state index contributed by atoms with van der Waals surface area (Å²) >= 11 is 0. The molecule has 3 N–H and O–H groups in total.